The van der Waals surface area contributed by atoms with E-state index in [1.165, 1.54) is 19.2 Å². The Morgan fingerprint density at radius 1 is 1.24 bits per heavy atom. The van der Waals surface area contributed by atoms with Crippen LogP contribution in [0.1, 0.15) is 11.6 Å². The zero-order valence-electron chi connectivity index (χ0n) is 13.2. The summed E-state index contributed by atoms with van der Waals surface area (Å²) in [6.07, 6.45) is 0. The van der Waals surface area contributed by atoms with Gasteiger partial charge in [0.15, 0.2) is 0 Å². The van der Waals surface area contributed by atoms with Crippen molar-refractivity contribution in [2.45, 2.75) is 10.9 Å². The maximum atomic E-state index is 12.5. The molecule has 0 aliphatic carbocycles. The van der Waals surface area contributed by atoms with Crippen molar-refractivity contribution in [1.82, 2.24) is 4.31 Å². The van der Waals surface area contributed by atoms with Crippen LogP contribution < -0.4 is 5.73 Å². The van der Waals surface area contributed by atoms with E-state index < -0.39 is 21.0 Å². The Morgan fingerprint density at radius 3 is 2.36 bits per heavy atom. The highest BCUT2D eigenvalue weighted by molar-refractivity contribution is 9.10. The van der Waals surface area contributed by atoms with Gasteiger partial charge in [-0.2, -0.15) is 4.31 Å². The van der Waals surface area contributed by atoms with Crippen LogP contribution in [0, 0.1) is 10.1 Å². The summed E-state index contributed by atoms with van der Waals surface area (Å²) in [5, 5.41) is 10.7. The number of nitro benzene ring substituents is 1. The zero-order valence-corrected chi connectivity index (χ0v) is 16.4. The predicted octanol–water partition coefficient (Wildman–Crippen LogP) is 3.10. The molecule has 0 aliphatic rings. The van der Waals surface area contributed by atoms with E-state index in [1.54, 1.807) is 0 Å². The highest BCUT2D eigenvalue weighted by Crippen LogP contribution is 2.22. The number of sulfonamides is 1. The first-order valence-electron chi connectivity index (χ1n) is 6.93. The molecule has 1 unspecified atom stereocenters. The number of likely N-dealkylation sites (N-methyl/N-ethyl adjacent to an activating group) is 1. The fraction of sp³-hybridized carbons (Fsp3) is 0.200. The van der Waals surface area contributed by atoms with Gasteiger partial charge in [0.25, 0.3) is 5.69 Å². The largest absolute Gasteiger partial charge is 0.323 e. The molecule has 0 saturated carbocycles. The summed E-state index contributed by atoms with van der Waals surface area (Å²) in [5.74, 6) is 0. The molecule has 0 aliphatic heterocycles. The van der Waals surface area contributed by atoms with Gasteiger partial charge in [-0.1, -0.05) is 28.1 Å². The van der Waals surface area contributed by atoms with Crippen molar-refractivity contribution in [1.29, 1.82) is 0 Å². The van der Waals surface area contributed by atoms with Gasteiger partial charge in [-0.3, -0.25) is 10.1 Å². The fourth-order valence-corrected chi connectivity index (χ4v) is 3.75. The molecule has 1 atom stereocenters. The molecule has 2 N–H and O–H groups in total. The summed E-state index contributed by atoms with van der Waals surface area (Å²) in [4.78, 5) is 10.1. The van der Waals surface area contributed by atoms with E-state index in [4.69, 9.17) is 5.73 Å². The van der Waals surface area contributed by atoms with E-state index >= 15 is 0 Å². The maximum absolute atomic E-state index is 12.5. The second-order valence-electron chi connectivity index (χ2n) is 5.20. The standard InChI is InChI=1S/C15H16BrN3O4S.ClH/c1-18(10-15(17)11-3-2-4-12(16)9-11)24(22,23)14-7-5-13(6-8-14)19(20)21;/h2-9,15H,10,17H2,1H3;1H. The average molecular weight is 451 g/mol. The predicted molar refractivity (Wildman–Crippen MR) is 101 cm³/mol. The van der Waals surface area contributed by atoms with Crippen molar-refractivity contribution >= 4 is 44.0 Å². The van der Waals surface area contributed by atoms with Gasteiger partial charge in [-0.05, 0) is 29.8 Å². The third-order valence-corrected chi connectivity index (χ3v) is 5.82. The summed E-state index contributed by atoms with van der Waals surface area (Å²) in [5.41, 5.74) is 6.72. The van der Waals surface area contributed by atoms with Crippen LogP contribution >= 0.6 is 28.3 Å². The van der Waals surface area contributed by atoms with Crippen LogP contribution in [-0.2, 0) is 10.0 Å². The number of hydrogen-bond donors (Lipinski definition) is 1. The second-order valence-corrected chi connectivity index (χ2v) is 8.16. The lowest BCUT2D eigenvalue weighted by molar-refractivity contribution is -0.384. The molecule has 0 radical (unpaired) electrons. The third kappa shape index (κ3) is 5.23. The number of nitrogens with zero attached hydrogens (tertiary/aromatic N) is 2. The number of benzene rings is 2. The van der Waals surface area contributed by atoms with Gasteiger partial charge in [0.2, 0.25) is 10.0 Å². The fourth-order valence-electron chi connectivity index (χ4n) is 2.14. The minimum atomic E-state index is -3.78. The Bertz CT molecular complexity index is 846. The number of rotatable bonds is 6. The van der Waals surface area contributed by atoms with Crippen LogP contribution in [-0.4, -0.2) is 31.2 Å². The Morgan fingerprint density at radius 2 is 1.84 bits per heavy atom. The maximum Gasteiger partial charge on any atom is 0.269 e. The molecule has 25 heavy (non-hydrogen) atoms. The summed E-state index contributed by atoms with van der Waals surface area (Å²) >= 11 is 3.35. The Hall–Kier alpha value is -1.52. The van der Waals surface area contributed by atoms with Gasteiger partial charge in [0.1, 0.15) is 0 Å². The molecule has 2 rings (SSSR count). The number of nitro groups is 1. The molecule has 0 amide bonds. The minimum Gasteiger partial charge on any atom is -0.323 e. The van der Waals surface area contributed by atoms with Crippen LogP contribution in [0.4, 0.5) is 5.69 Å². The highest BCUT2D eigenvalue weighted by Gasteiger charge is 2.24. The molecule has 2 aromatic carbocycles. The summed E-state index contributed by atoms with van der Waals surface area (Å²) < 4.78 is 27.1. The van der Waals surface area contributed by atoms with E-state index in [1.807, 2.05) is 24.3 Å². The van der Waals surface area contributed by atoms with Gasteiger partial charge in [-0.25, -0.2) is 8.42 Å². The molecular weight excluding hydrogens is 434 g/mol. The van der Waals surface area contributed by atoms with Crippen LogP contribution in [0.15, 0.2) is 57.9 Å². The third-order valence-electron chi connectivity index (χ3n) is 3.49. The number of hydrogen-bond acceptors (Lipinski definition) is 5. The van der Waals surface area contributed by atoms with Crippen molar-refractivity contribution in [2.24, 2.45) is 5.73 Å². The summed E-state index contributed by atoms with van der Waals surface area (Å²) in [6, 6.07) is 11.6. The van der Waals surface area contributed by atoms with Crippen molar-refractivity contribution in [3.05, 3.63) is 68.7 Å². The summed E-state index contributed by atoms with van der Waals surface area (Å²) in [6.45, 7) is 0.0791. The normalized spacial score (nSPS) is 12.5. The van der Waals surface area contributed by atoms with Crippen LogP contribution in [0.25, 0.3) is 0 Å². The van der Waals surface area contributed by atoms with Gasteiger partial charge in [0, 0.05) is 36.2 Å². The Kier molecular flexibility index (Phi) is 7.51. The minimum absolute atomic E-state index is 0. The topological polar surface area (TPSA) is 107 Å². The zero-order chi connectivity index (χ0) is 17.9. The molecule has 0 saturated heterocycles. The molecule has 0 heterocycles. The second kappa shape index (κ2) is 8.72. The van der Waals surface area contributed by atoms with Crippen molar-refractivity contribution < 1.29 is 13.3 Å². The lowest BCUT2D eigenvalue weighted by atomic mass is 10.1. The number of nitrogens with two attached hydrogens (primary N) is 1. The Labute approximate surface area is 160 Å². The average Bonchev–Trinajstić information content (AvgIpc) is 2.54. The van der Waals surface area contributed by atoms with Crippen LogP contribution in [0.5, 0.6) is 0 Å². The first-order chi connectivity index (χ1) is 11.2. The van der Waals surface area contributed by atoms with E-state index in [0.717, 1.165) is 26.5 Å². The molecule has 10 heteroatoms. The number of non-ortho nitro benzene ring substituents is 1. The molecule has 7 nitrogen and oxygen atoms in total. The first-order valence-corrected chi connectivity index (χ1v) is 9.17. The molecule has 136 valence electrons. The van der Waals surface area contributed by atoms with Crippen LogP contribution in [0.3, 0.4) is 0 Å². The van der Waals surface area contributed by atoms with Gasteiger partial charge >= 0.3 is 0 Å². The van der Waals surface area contributed by atoms with Crippen molar-refractivity contribution in [3.8, 4) is 0 Å². The number of halogens is 2. The smallest absolute Gasteiger partial charge is 0.269 e. The molecule has 2 aromatic rings. The first kappa shape index (κ1) is 21.5. The van der Waals surface area contributed by atoms with E-state index in [-0.39, 0.29) is 29.5 Å². The molecule has 0 spiro atoms. The van der Waals surface area contributed by atoms with E-state index in [0.29, 0.717) is 0 Å². The molecule has 0 aromatic heterocycles. The molecule has 0 bridgehead atoms. The lowest BCUT2D eigenvalue weighted by Crippen LogP contribution is -2.34. The van der Waals surface area contributed by atoms with Crippen LogP contribution in [0.2, 0.25) is 0 Å². The van der Waals surface area contributed by atoms with Gasteiger partial charge in [0.05, 0.1) is 9.82 Å². The Balaban J connectivity index is 0.00000312. The van der Waals surface area contributed by atoms with E-state index in [9.17, 15) is 18.5 Å². The molecule has 0 fully saturated rings. The quantitative estimate of drug-likeness (QED) is 0.537. The highest BCUT2D eigenvalue weighted by atomic mass is 79.9. The van der Waals surface area contributed by atoms with Crippen molar-refractivity contribution in [3.63, 3.8) is 0 Å². The van der Waals surface area contributed by atoms with Crippen molar-refractivity contribution in [2.75, 3.05) is 13.6 Å². The SMILES string of the molecule is CN(CC(N)c1cccc(Br)c1)S(=O)(=O)c1ccc([N+](=O)[O-])cc1.Cl. The van der Waals surface area contributed by atoms with Gasteiger partial charge in [-0.15, -0.1) is 12.4 Å². The summed E-state index contributed by atoms with van der Waals surface area (Å²) in [7, 11) is -2.35. The lowest BCUT2D eigenvalue weighted by Gasteiger charge is -2.21. The molecular formula is C15H17BrClN3O4S. The monoisotopic (exact) mass is 449 g/mol. The van der Waals surface area contributed by atoms with E-state index in [2.05, 4.69) is 15.9 Å². The van der Waals surface area contributed by atoms with Gasteiger partial charge < -0.3 is 5.73 Å².